The zero-order chi connectivity index (χ0) is 15.0. The van der Waals surface area contributed by atoms with E-state index in [2.05, 4.69) is 54.3 Å². The van der Waals surface area contributed by atoms with Gasteiger partial charge in [-0.15, -0.1) is 0 Å². The Balaban J connectivity index is 1.68. The molecular weight excluding hydrogens is 270 g/mol. The second-order valence-electron chi connectivity index (χ2n) is 7.09. The molecule has 0 spiro atoms. The number of nitrogens with zero attached hydrogens (tertiary/aromatic N) is 1. The monoisotopic (exact) mass is 295 g/mol. The summed E-state index contributed by atoms with van der Waals surface area (Å²) in [6.07, 6.45) is 10.1. The molecule has 2 fully saturated rings. The number of ether oxygens (including phenoxy) is 1. The van der Waals surface area contributed by atoms with Gasteiger partial charge in [0.25, 0.3) is 0 Å². The Morgan fingerprint density at radius 3 is 2.73 bits per heavy atom. The average Bonchev–Trinajstić information content (AvgIpc) is 3.35. The van der Waals surface area contributed by atoms with Crippen LogP contribution in [-0.2, 0) is 4.74 Å². The van der Waals surface area contributed by atoms with Gasteiger partial charge in [0, 0.05) is 17.9 Å². The maximum Gasteiger partial charge on any atom is 0.0646 e. The lowest BCUT2D eigenvalue weighted by Crippen LogP contribution is -2.33. The molecule has 1 aliphatic heterocycles. The van der Waals surface area contributed by atoms with Crippen LogP contribution >= 0.6 is 0 Å². The molecule has 3 aliphatic rings. The van der Waals surface area contributed by atoms with Crippen molar-refractivity contribution in [3.8, 4) is 0 Å². The molecule has 0 N–H and O–H groups in total. The van der Waals surface area contributed by atoms with Crippen molar-refractivity contribution in [1.82, 2.24) is 0 Å². The third-order valence-corrected chi connectivity index (χ3v) is 5.41. The van der Waals surface area contributed by atoms with Crippen molar-refractivity contribution in [3.63, 3.8) is 0 Å². The summed E-state index contributed by atoms with van der Waals surface area (Å²) < 4.78 is 5.81. The minimum Gasteiger partial charge on any atom is -0.379 e. The van der Waals surface area contributed by atoms with Gasteiger partial charge in [-0.05, 0) is 54.7 Å². The third kappa shape index (κ3) is 2.61. The number of benzene rings is 1. The molecule has 0 radical (unpaired) electrons. The lowest BCUT2D eigenvalue weighted by molar-refractivity contribution is 0.140. The van der Waals surface area contributed by atoms with Crippen molar-refractivity contribution in [2.75, 3.05) is 24.7 Å². The summed E-state index contributed by atoms with van der Waals surface area (Å²) in [5.41, 5.74) is 4.57. The smallest absolute Gasteiger partial charge is 0.0646 e. The molecule has 0 amide bonds. The van der Waals surface area contributed by atoms with E-state index in [0.717, 1.165) is 32.1 Å². The second-order valence-corrected chi connectivity index (χ2v) is 7.09. The maximum atomic E-state index is 5.81. The van der Waals surface area contributed by atoms with E-state index in [-0.39, 0.29) is 0 Å². The highest BCUT2D eigenvalue weighted by molar-refractivity contribution is 5.58. The Labute approximate surface area is 133 Å². The predicted octanol–water partition coefficient (Wildman–Crippen LogP) is 4.54. The maximum absolute atomic E-state index is 5.81. The summed E-state index contributed by atoms with van der Waals surface area (Å²) in [5, 5.41) is 0. The first-order chi connectivity index (χ1) is 10.8. The van der Waals surface area contributed by atoms with Gasteiger partial charge in [0.1, 0.15) is 0 Å². The van der Waals surface area contributed by atoms with Crippen LogP contribution in [0.25, 0.3) is 0 Å². The SMILES string of the molecule is CC1(C2CC2)C=C2CCOCCN(c3ccccc3)C2=CC1. The van der Waals surface area contributed by atoms with Gasteiger partial charge in [0.2, 0.25) is 0 Å². The molecule has 1 heterocycles. The molecule has 4 rings (SSSR count). The molecule has 2 heteroatoms. The van der Waals surface area contributed by atoms with Crippen molar-refractivity contribution in [1.29, 1.82) is 0 Å². The molecule has 2 aliphatic carbocycles. The van der Waals surface area contributed by atoms with E-state index in [1.165, 1.54) is 36.2 Å². The molecule has 1 aromatic carbocycles. The first kappa shape index (κ1) is 14.1. The van der Waals surface area contributed by atoms with Gasteiger partial charge >= 0.3 is 0 Å². The summed E-state index contributed by atoms with van der Waals surface area (Å²) >= 11 is 0. The van der Waals surface area contributed by atoms with Gasteiger partial charge in [-0.2, -0.15) is 0 Å². The number of para-hydroxylation sites is 1. The summed E-state index contributed by atoms with van der Waals surface area (Å²) in [6.45, 7) is 5.04. The van der Waals surface area contributed by atoms with Crippen molar-refractivity contribution in [2.45, 2.75) is 32.6 Å². The van der Waals surface area contributed by atoms with E-state index in [4.69, 9.17) is 4.74 Å². The zero-order valence-electron chi connectivity index (χ0n) is 13.4. The van der Waals surface area contributed by atoms with Gasteiger partial charge in [-0.3, -0.25) is 0 Å². The zero-order valence-corrected chi connectivity index (χ0v) is 13.4. The molecule has 1 aromatic rings. The van der Waals surface area contributed by atoms with E-state index in [0.29, 0.717) is 5.41 Å². The molecule has 0 aromatic heterocycles. The number of allylic oxidation sites excluding steroid dienone is 3. The van der Waals surface area contributed by atoms with Crippen LogP contribution in [0.1, 0.15) is 32.6 Å². The van der Waals surface area contributed by atoms with Crippen LogP contribution in [0.3, 0.4) is 0 Å². The summed E-state index contributed by atoms with van der Waals surface area (Å²) in [4.78, 5) is 2.44. The Bertz CT molecular complexity index is 599. The van der Waals surface area contributed by atoms with Gasteiger partial charge in [-0.25, -0.2) is 0 Å². The minimum absolute atomic E-state index is 0.375. The van der Waals surface area contributed by atoms with Gasteiger partial charge < -0.3 is 9.64 Å². The fraction of sp³-hybridized carbons (Fsp3) is 0.500. The highest BCUT2D eigenvalue weighted by Gasteiger charge is 2.41. The molecule has 1 atom stereocenters. The van der Waals surface area contributed by atoms with Gasteiger partial charge in [-0.1, -0.05) is 37.3 Å². The van der Waals surface area contributed by atoms with Crippen molar-refractivity contribution >= 4 is 5.69 Å². The Morgan fingerprint density at radius 2 is 1.95 bits per heavy atom. The van der Waals surface area contributed by atoms with Crippen molar-refractivity contribution in [3.05, 3.63) is 53.8 Å². The first-order valence-corrected chi connectivity index (χ1v) is 8.59. The van der Waals surface area contributed by atoms with Crippen molar-refractivity contribution in [2.24, 2.45) is 11.3 Å². The summed E-state index contributed by atoms with van der Waals surface area (Å²) in [7, 11) is 0. The van der Waals surface area contributed by atoms with Crippen LogP contribution in [0.4, 0.5) is 5.69 Å². The Kier molecular flexibility index (Phi) is 3.57. The van der Waals surface area contributed by atoms with Crippen LogP contribution in [0.5, 0.6) is 0 Å². The van der Waals surface area contributed by atoms with Crippen LogP contribution in [0, 0.1) is 11.3 Å². The van der Waals surface area contributed by atoms with E-state index >= 15 is 0 Å². The number of hydrogen-bond acceptors (Lipinski definition) is 2. The lowest BCUT2D eigenvalue weighted by atomic mass is 9.75. The van der Waals surface area contributed by atoms with Crippen LogP contribution in [0.15, 0.2) is 53.8 Å². The van der Waals surface area contributed by atoms with E-state index in [1.807, 2.05) is 0 Å². The number of fused-ring (bicyclic) bond motifs is 1. The molecule has 0 bridgehead atoms. The van der Waals surface area contributed by atoms with Gasteiger partial charge in [0.15, 0.2) is 0 Å². The van der Waals surface area contributed by atoms with Crippen molar-refractivity contribution < 1.29 is 4.74 Å². The first-order valence-electron chi connectivity index (χ1n) is 8.59. The van der Waals surface area contributed by atoms with Crippen LogP contribution in [-0.4, -0.2) is 19.8 Å². The Morgan fingerprint density at radius 1 is 1.14 bits per heavy atom. The molecular formula is C20H25NO. The average molecular weight is 295 g/mol. The van der Waals surface area contributed by atoms with E-state index in [1.54, 1.807) is 0 Å². The fourth-order valence-corrected chi connectivity index (χ4v) is 3.93. The summed E-state index contributed by atoms with van der Waals surface area (Å²) in [6, 6.07) is 10.7. The summed E-state index contributed by atoms with van der Waals surface area (Å²) in [5.74, 6) is 0.898. The predicted molar refractivity (Wildman–Crippen MR) is 90.8 cm³/mol. The standard InChI is InChI=1S/C20H25NO/c1-20(17-7-8-17)11-9-19-16(15-20)10-13-22-14-12-21(19)18-5-3-2-4-6-18/h2-6,9,15,17H,7-8,10-14H2,1H3. The number of anilines is 1. The number of hydrogen-bond donors (Lipinski definition) is 0. The lowest BCUT2D eigenvalue weighted by Gasteiger charge is -2.37. The quantitative estimate of drug-likeness (QED) is 0.794. The minimum atomic E-state index is 0.375. The highest BCUT2D eigenvalue weighted by atomic mass is 16.5. The van der Waals surface area contributed by atoms with E-state index < -0.39 is 0 Å². The number of rotatable bonds is 2. The topological polar surface area (TPSA) is 12.5 Å². The molecule has 116 valence electrons. The third-order valence-electron chi connectivity index (χ3n) is 5.41. The normalized spacial score (nSPS) is 29.0. The second kappa shape index (κ2) is 5.58. The molecule has 2 nitrogen and oxygen atoms in total. The fourth-order valence-electron chi connectivity index (χ4n) is 3.93. The largest absolute Gasteiger partial charge is 0.379 e. The Hall–Kier alpha value is -1.54. The molecule has 22 heavy (non-hydrogen) atoms. The van der Waals surface area contributed by atoms with E-state index in [9.17, 15) is 0 Å². The van der Waals surface area contributed by atoms with Gasteiger partial charge in [0.05, 0.1) is 13.2 Å². The molecule has 1 saturated heterocycles. The molecule has 1 saturated carbocycles. The molecule has 1 unspecified atom stereocenters. The van der Waals surface area contributed by atoms with Crippen LogP contribution in [0.2, 0.25) is 0 Å². The van der Waals surface area contributed by atoms with Crippen LogP contribution < -0.4 is 4.90 Å². The highest BCUT2D eigenvalue weighted by Crippen LogP contribution is 2.52.